The van der Waals surface area contributed by atoms with Crippen LogP contribution in [0.25, 0.3) is 0 Å². The number of furan rings is 1. The van der Waals surface area contributed by atoms with Crippen molar-refractivity contribution in [2.75, 3.05) is 17.3 Å². The van der Waals surface area contributed by atoms with E-state index in [0.29, 0.717) is 12.0 Å². The maximum Gasteiger partial charge on any atom is 0.138 e. The lowest BCUT2D eigenvalue weighted by molar-refractivity contribution is 0.499. The van der Waals surface area contributed by atoms with E-state index in [9.17, 15) is 0 Å². The van der Waals surface area contributed by atoms with Gasteiger partial charge < -0.3 is 14.6 Å². The van der Waals surface area contributed by atoms with Gasteiger partial charge in [-0.25, -0.2) is 9.97 Å². The fourth-order valence-electron chi connectivity index (χ4n) is 2.68. The lowest BCUT2D eigenvalue weighted by atomic mass is 10.0. The predicted octanol–water partition coefficient (Wildman–Crippen LogP) is 3.40. The SMILES string of the molecule is CNc1ncnc(N(Cc2ccco2)C2CC2)c1C(C)C. The molecule has 5 nitrogen and oxygen atoms in total. The Hall–Kier alpha value is -2.04. The molecule has 0 aliphatic heterocycles. The van der Waals surface area contributed by atoms with Gasteiger partial charge in [0.25, 0.3) is 0 Å². The number of hydrogen-bond donors (Lipinski definition) is 1. The molecule has 5 heteroatoms. The number of anilines is 2. The van der Waals surface area contributed by atoms with Gasteiger partial charge in [0.05, 0.1) is 12.8 Å². The molecule has 0 atom stereocenters. The Morgan fingerprint density at radius 1 is 1.38 bits per heavy atom. The third-order valence-electron chi connectivity index (χ3n) is 3.84. The zero-order valence-corrected chi connectivity index (χ0v) is 12.8. The minimum absolute atomic E-state index is 0.363. The normalized spacial score (nSPS) is 14.5. The first-order valence-electron chi connectivity index (χ1n) is 7.52. The number of rotatable bonds is 6. The molecule has 2 aromatic heterocycles. The zero-order chi connectivity index (χ0) is 14.8. The van der Waals surface area contributed by atoms with Gasteiger partial charge in [0, 0.05) is 18.7 Å². The Morgan fingerprint density at radius 2 is 2.19 bits per heavy atom. The number of nitrogens with one attached hydrogen (secondary N) is 1. The summed E-state index contributed by atoms with van der Waals surface area (Å²) >= 11 is 0. The quantitative estimate of drug-likeness (QED) is 0.882. The van der Waals surface area contributed by atoms with Gasteiger partial charge >= 0.3 is 0 Å². The van der Waals surface area contributed by atoms with E-state index in [-0.39, 0.29) is 0 Å². The van der Waals surface area contributed by atoms with Crippen molar-refractivity contribution in [2.45, 2.75) is 45.2 Å². The van der Waals surface area contributed by atoms with Crippen LogP contribution in [0.4, 0.5) is 11.6 Å². The molecule has 112 valence electrons. The fourth-order valence-corrected chi connectivity index (χ4v) is 2.68. The third kappa shape index (κ3) is 2.86. The first-order chi connectivity index (χ1) is 10.2. The van der Waals surface area contributed by atoms with Gasteiger partial charge in [-0.3, -0.25) is 0 Å². The summed E-state index contributed by atoms with van der Waals surface area (Å²) in [6, 6.07) is 4.51. The lowest BCUT2D eigenvalue weighted by Gasteiger charge is -2.27. The van der Waals surface area contributed by atoms with E-state index < -0.39 is 0 Å². The van der Waals surface area contributed by atoms with Gasteiger partial charge in [-0.05, 0) is 30.9 Å². The van der Waals surface area contributed by atoms with Crippen LogP contribution < -0.4 is 10.2 Å². The number of hydrogen-bond acceptors (Lipinski definition) is 5. The van der Waals surface area contributed by atoms with Gasteiger partial charge in [-0.15, -0.1) is 0 Å². The highest BCUT2D eigenvalue weighted by Crippen LogP contribution is 2.38. The van der Waals surface area contributed by atoms with Crippen molar-refractivity contribution >= 4 is 11.6 Å². The molecule has 3 rings (SSSR count). The van der Waals surface area contributed by atoms with E-state index in [0.717, 1.165) is 23.9 Å². The highest BCUT2D eigenvalue weighted by Gasteiger charge is 2.33. The summed E-state index contributed by atoms with van der Waals surface area (Å²) in [6.07, 6.45) is 5.81. The molecule has 21 heavy (non-hydrogen) atoms. The Morgan fingerprint density at radius 3 is 2.76 bits per heavy atom. The van der Waals surface area contributed by atoms with E-state index in [2.05, 4.69) is 34.0 Å². The summed E-state index contributed by atoms with van der Waals surface area (Å²) < 4.78 is 5.52. The first kappa shape index (κ1) is 13.9. The first-order valence-corrected chi connectivity index (χ1v) is 7.52. The van der Waals surface area contributed by atoms with Crippen molar-refractivity contribution < 1.29 is 4.42 Å². The van der Waals surface area contributed by atoms with E-state index in [4.69, 9.17) is 4.42 Å². The van der Waals surface area contributed by atoms with Crippen molar-refractivity contribution in [1.29, 1.82) is 0 Å². The second-order valence-electron chi connectivity index (χ2n) is 5.80. The molecule has 0 saturated heterocycles. The average Bonchev–Trinajstić information content (AvgIpc) is 3.20. The summed E-state index contributed by atoms with van der Waals surface area (Å²) in [5.41, 5.74) is 1.18. The molecule has 1 saturated carbocycles. The summed E-state index contributed by atoms with van der Waals surface area (Å²) in [4.78, 5) is 11.3. The van der Waals surface area contributed by atoms with Crippen LogP contribution >= 0.6 is 0 Å². The molecule has 0 radical (unpaired) electrons. The maximum absolute atomic E-state index is 5.52. The number of aromatic nitrogens is 2. The summed E-state index contributed by atoms with van der Waals surface area (Å²) in [5.74, 6) is 3.28. The van der Waals surface area contributed by atoms with Crippen LogP contribution in [0.2, 0.25) is 0 Å². The molecule has 2 heterocycles. The standard InChI is InChI=1S/C16H22N4O/c1-11(2)14-15(17-3)18-10-19-16(14)20(12-6-7-12)9-13-5-4-8-21-13/h4-5,8,10-12H,6-7,9H2,1-3H3,(H,17,18,19). The predicted molar refractivity (Wildman–Crippen MR) is 83.6 cm³/mol. The van der Waals surface area contributed by atoms with Gasteiger partial charge in [0.1, 0.15) is 23.7 Å². The van der Waals surface area contributed by atoms with Crippen LogP contribution in [0.3, 0.4) is 0 Å². The van der Waals surface area contributed by atoms with Gasteiger partial charge in [-0.1, -0.05) is 13.8 Å². The summed E-state index contributed by atoms with van der Waals surface area (Å²) in [6.45, 7) is 5.12. The molecule has 1 aliphatic carbocycles. The van der Waals surface area contributed by atoms with E-state index in [1.54, 1.807) is 12.6 Å². The van der Waals surface area contributed by atoms with Crippen LogP contribution in [0.1, 0.15) is 43.9 Å². The minimum atomic E-state index is 0.363. The molecule has 1 aliphatic rings. The minimum Gasteiger partial charge on any atom is -0.467 e. The maximum atomic E-state index is 5.52. The number of nitrogens with zero attached hydrogens (tertiary/aromatic N) is 3. The van der Waals surface area contributed by atoms with Crippen molar-refractivity contribution in [3.8, 4) is 0 Å². The fraction of sp³-hybridized carbons (Fsp3) is 0.500. The van der Waals surface area contributed by atoms with Crippen LogP contribution in [-0.4, -0.2) is 23.1 Å². The van der Waals surface area contributed by atoms with Crippen LogP contribution in [-0.2, 0) is 6.54 Å². The molecule has 2 aromatic rings. The van der Waals surface area contributed by atoms with Gasteiger partial charge in [-0.2, -0.15) is 0 Å². The summed E-state index contributed by atoms with van der Waals surface area (Å²) in [7, 11) is 1.91. The van der Waals surface area contributed by atoms with Crippen LogP contribution in [0.5, 0.6) is 0 Å². The van der Waals surface area contributed by atoms with E-state index >= 15 is 0 Å². The van der Waals surface area contributed by atoms with Gasteiger partial charge in [0.15, 0.2) is 0 Å². The Labute approximate surface area is 125 Å². The topological polar surface area (TPSA) is 54.2 Å². The van der Waals surface area contributed by atoms with Crippen molar-refractivity contribution in [2.24, 2.45) is 0 Å². The Bertz CT molecular complexity index is 590. The smallest absolute Gasteiger partial charge is 0.138 e. The molecule has 0 spiro atoms. The Kier molecular flexibility index (Phi) is 3.82. The van der Waals surface area contributed by atoms with Crippen LogP contribution in [0, 0.1) is 0 Å². The molecular weight excluding hydrogens is 264 g/mol. The van der Waals surface area contributed by atoms with Gasteiger partial charge in [0.2, 0.25) is 0 Å². The van der Waals surface area contributed by atoms with Crippen molar-refractivity contribution in [3.05, 3.63) is 36.0 Å². The molecule has 0 amide bonds. The second kappa shape index (κ2) is 5.76. The lowest BCUT2D eigenvalue weighted by Crippen LogP contribution is -2.27. The van der Waals surface area contributed by atoms with E-state index in [1.807, 2.05) is 19.2 Å². The molecule has 1 N–H and O–H groups in total. The largest absolute Gasteiger partial charge is 0.467 e. The molecule has 0 bridgehead atoms. The monoisotopic (exact) mass is 286 g/mol. The average molecular weight is 286 g/mol. The molecule has 1 fully saturated rings. The third-order valence-corrected chi connectivity index (χ3v) is 3.84. The second-order valence-corrected chi connectivity index (χ2v) is 5.80. The highest BCUT2D eigenvalue weighted by atomic mass is 16.3. The van der Waals surface area contributed by atoms with E-state index in [1.165, 1.54) is 18.4 Å². The zero-order valence-electron chi connectivity index (χ0n) is 12.8. The summed E-state index contributed by atoms with van der Waals surface area (Å²) in [5, 5.41) is 3.19. The van der Waals surface area contributed by atoms with Crippen molar-refractivity contribution in [3.63, 3.8) is 0 Å². The van der Waals surface area contributed by atoms with Crippen molar-refractivity contribution in [1.82, 2.24) is 9.97 Å². The molecule has 0 unspecified atom stereocenters. The molecule has 0 aromatic carbocycles. The van der Waals surface area contributed by atoms with Crippen LogP contribution in [0.15, 0.2) is 29.1 Å². The highest BCUT2D eigenvalue weighted by molar-refractivity contribution is 5.61. The molecular formula is C16H22N4O. The Balaban J connectivity index is 1.99.